The van der Waals surface area contributed by atoms with Crippen LogP contribution in [-0.2, 0) is 27.9 Å². The summed E-state index contributed by atoms with van der Waals surface area (Å²) in [7, 11) is 1.52. The van der Waals surface area contributed by atoms with Crippen molar-refractivity contribution in [2.24, 2.45) is 0 Å². The van der Waals surface area contributed by atoms with Gasteiger partial charge < -0.3 is 19.4 Å². The van der Waals surface area contributed by atoms with Gasteiger partial charge in [0.25, 0.3) is 0 Å². The summed E-state index contributed by atoms with van der Waals surface area (Å²) in [6.45, 7) is 7.08. The molecular weight excluding hydrogens is 940 g/mol. The molecule has 440 valence electrons. The topological polar surface area (TPSA) is 111 Å². The van der Waals surface area contributed by atoms with Gasteiger partial charge in [0.2, 0.25) is 5.91 Å². The van der Waals surface area contributed by atoms with Gasteiger partial charge in [0, 0.05) is 12.8 Å². The second kappa shape index (κ2) is 55.1. The van der Waals surface area contributed by atoms with Crippen LogP contribution in [0, 0.1) is 0 Å². The van der Waals surface area contributed by atoms with E-state index in [1.54, 1.807) is 0 Å². The number of ether oxygens (including phenoxy) is 1. The maximum absolute atomic E-state index is 13.6. The lowest BCUT2D eigenvalue weighted by molar-refractivity contribution is -0.870. The van der Waals surface area contributed by atoms with Gasteiger partial charge in [-0.3, -0.25) is 18.6 Å². The zero-order valence-corrected chi connectivity index (χ0v) is 51.3. The smallest absolute Gasteiger partial charge is 0.456 e. The molecule has 10 heteroatoms. The summed E-state index contributed by atoms with van der Waals surface area (Å²) in [5, 5.41) is 3.07. The molecule has 0 aromatic heterocycles. The zero-order chi connectivity index (χ0) is 54.3. The van der Waals surface area contributed by atoms with Crippen LogP contribution in [0.25, 0.3) is 0 Å². The Morgan fingerprint density at radius 3 is 1.11 bits per heavy atom. The normalized spacial score (nSPS) is 13.7. The maximum atomic E-state index is 13.6. The molecule has 0 spiro atoms. The molecule has 1 amide bonds. The second-order valence-electron chi connectivity index (χ2n) is 23.7. The Morgan fingerprint density at radius 1 is 0.459 bits per heavy atom. The first kappa shape index (κ1) is 72.8. The lowest BCUT2D eigenvalue weighted by Gasteiger charge is -2.27. The summed E-state index contributed by atoms with van der Waals surface area (Å²) >= 11 is 0. The Balaban J connectivity index is 5.16. The molecule has 0 rings (SSSR count). The molecule has 0 bridgehead atoms. The highest BCUT2D eigenvalue weighted by atomic mass is 31.2. The molecule has 2 N–H and O–H groups in total. The number of hydrogen-bond donors (Lipinski definition) is 2. The van der Waals surface area contributed by atoms with Crippen molar-refractivity contribution in [1.82, 2.24) is 5.32 Å². The minimum atomic E-state index is -4.44. The zero-order valence-electron chi connectivity index (χ0n) is 50.4. The number of phosphoric ester groups is 1. The van der Waals surface area contributed by atoms with Gasteiger partial charge in [0.1, 0.15) is 19.3 Å². The summed E-state index contributed by atoms with van der Waals surface area (Å²) in [6, 6.07) is -0.839. The van der Waals surface area contributed by atoms with Crippen molar-refractivity contribution in [1.29, 1.82) is 0 Å². The van der Waals surface area contributed by atoms with E-state index < -0.39 is 20.0 Å². The van der Waals surface area contributed by atoms with Gasteiger partial charge >= 0.3 is 13.8 Å². The number of hydrogen-bond acceptors (Lipinski definition) is 6. The summed E-state index contributed by atoms with van der Waals surface area (Å²) in [5.74, 6) is -0.481. The van der Waals surface area contributed by atoms with Crippen molar-refractivity contribution < 1.29 is 37.3 Å². The average Bonchev–Trinajstić information content (AvgIpc) is 3.36. The summed E-state index contributed by atoms with van der Waals surface area (Å²) in [5.41, 5.74) is 0. The number of carbonyl (C=O) groups is 2. The largest absolute Gasteiger partial charge is 0.472 e. The van der Waals surface area contributed by atoms with E-state index >= 15 is 0 Å². The number of carbonyl (C=O) groups excluding carboxylic acids is 2. The van der Waals surface area contributed by atoms with Crippen molar-refractivity contribution >= 4 is 19.7 Å². The summed E-state index contributed by atoms with van der Waals surface area (Å²) < 4.78 is 30.7. The number of amides is 1. The lowest BCUT2D eigenvalue weighted by Crippen LogP contribution is -2.47. The van der Waals surface area contributed by atoms with Gasteiger partial charge in [-0.2, -0.15) is 0 Å². The molecule has 0 radical (unpaired) electrons. The molecule has 74 heavy (non-hydrogen) atoms. The third kappa shape index (κ3) is 55.5. The highest BCUT2D eigenvalue weighted by Gasteiger charge is 2.30. The molecule has 0 saturated heterocycles. The third-order valence-corrected chi connectivity index (χ3v) is 16.0. The molecule has 0 fully saturated rings. The number of nitrogens with one attached hydrogen (secondary N) is 1. The van der Waals surface area contributed by atoms with Crippen molar-refractivity contribution in [2.45, 2.75) is 348 Å². The molecule has 0 saturated carbocycles. The molecule has 0 aliphatic rings. The number of quaternary nitrogens is 1. The number of nitrogens with zero attached hydrogens (tertiary/aromatic N) is 1. The fourth-order valence-electron chi connectivity index (χ4n) is 9.94. The molecule has 0 heterocycles. The maximum Gasteiger partial charge on any atom is 0.472 e. The summed E-state index contributed by atoms with van der Waals surface area (Å²) in [4.78, 5) is 37.7. The first-order valence-corrected chi connectivity index (χ1v) is 34.0. The fourth-order valence-corrected chi connectivity index (χ4v) is 10.7. The van der Waals surface area contributed by atoms with E-state index in [1.807, 2.05) is 33.3 Å². The Morgan fingerprint density at radius 2 is 0.770 bits per heavy atom. The van der Waals surface area contributed by atoms with Crippen molar-refractivity contribution in [3.05, 3.63) is 12.2 Å². The van der Waals surface area contributed by atoms with Gasteiger partial charge in [0.05, 0.1) is 33.8 Å². The second-order valence-corrected chi connectivity index (χ2v) is 25.1. The number of allylic oxidation sites excluding steroid dienone is 1. The van der Waals surface area contributed by atoms with Gasteiger partial charge in [0.15, 0.2) is 0 Å². The molecule has 9 nitrogen and oxygen atoms in total. The molecule has 0 aliphatic carbocycles. The molecule has 3 atom stereocenters. The molecule has 0 aromatic carbocycles. The molecule has 0 aliphatic heterocycles. The average molecular weight is 1070 g/mol. The van der Waals surface area contributed by atoms with Crippen LogP contribution in [-0.4, -0.2) is 74.3 Å². The predicted molar refractivity (Wildman–Crippen MR) is 319 cm³/mol. The third-order valence-electron chi connectivity index (χ3n) is 15.0. The SMILES string of the molecule is CCCCCCCCCCCC/C=C/C(OC(=O)CCCCCCCCCCCCCCCCCCCCC)C(COP(=O)(O)OCC[N+](C)(C)C)NC(=O)CCCCCCCCCCCCCCCCCCC. The lowest BCUT2D eigenvalue weighted by atomic mass is 10.0. The predicted octanol–water partition coefficient (Wildman–Crippen LogP) is 20.0. The van der Waals surface area contributed by atoms with Crippen LogP contribution in [0.1, 0.15) is 335 Å². The quantitative estimate of drug-likeness (QED) is 0.0205. The van der Waals surface area contributed by atoms with Crippen LogP contribution in [0.5, 0.6) is 0 Å². The van der Waals surface area contributed by atoms with Crippen LogP contribution in [0.3, 0.4) is 0 Å². The number of likely N-dealkylation sites (N-methyl/N-ethyl adjacent to an activating group) is 1. The molecule has 3 unspecified atom stereocenters. The van der Waals surface area contributed by atoms with E-state index in [2.05, 4.69) is 26.1 Å². The standard InChI is InChI=1S/C64H127N2O7P/c1-7-10-13-16-19-22-25-28-30-32-33-35-37-39-42-45-48-51-54-57-64(68)73-62(55-52-49-46-43-40-27-24-21-18-15-12-9-3)61(60-72-74(69,70)71-59-58-66(4,5)6)65-63(67)56-53-50-47-44-41-38-36-34-31-29-26-23-20-17-14-11-8-2/h52,55,61-62H,7-51,53-54,56-60H2,1-6H3,(H-,65,67,69,70)/p+1/b55-52+. The van der Waals surface area contributed by atoms with Gasteiger partial charge in [-0.25, -0.2) is 4.57 Å². The number of esters is 1. The fraction of sp³-hybridized carbons (Fsp3) is 0.938. The van der Waals surface area contributed by atoms with E-state index in [9.17, 15) is 19.0 Å². The van der Waals surface area contributed by atoms with Gasteiger partial charge in [-0.1, -0.05) is 303 Å². The Labute approximate surface area is 461 Å². The Kier molecular flexibility index (Phi) is 54.1. The highest BCUT2D eigenvalue weighted by Crippen LogP contribution is 2.43. The highest BCUT2D eigenvalue weighted by molar-refractivity contribution is 7.47. The molecule has 0 aromatic rings. The van der Waals surface area contributed by atoms with E-state index in [-0.39, 0.29) is 25.1 Å². The monoisotopic (exact) mass is 1070 g/mol. The van der Waals surface area contributed by atoms with Crippen LogP contribution in [0.4, 0.5) is 0 Å². The van der Waals surface area contributed by atoms with Crippen molar-refractivity contribution in [3.63, 3.8) is 0 Å². The van der Waals surface area contributed by atoms with E-state index in [1.165, 1.54) is 244 Å². The van der Waals surface area contributed by atoms with Crippen molar-refractivity contribution in [2.75, 3.05) is 40.9 Å². The van der Waals surface area contributed by atoms with Gasteiger partial charge in [-0.05, 0) is 31.8 Å². The summed E-state index contributed by atoms with van der Waals surface area (Å²) in [6.07, 6.45) is 63.5. The number of phosphoric acid groups is 1. The van der Waals surface area contributed by atoms with E-state index in [4.69, 9.17) is 13.8 Å². The molecular formula is C64H128N2O7P+. The van der Waals surface area contributed by atoms with Crippen LogP contribution < -0.4 is 5.32 Å². The first-order valence-electron chi connectivity index (χ1n) is 32.5. The number of unbranched alkanes of at least 4 members (excludes halogenated alkanes) is 44. The van der Waals surface area contributed by atoms with Crippen LogP contribution in [0.2, 0.25) is 0 Å². The minimum Gasteiger partial charge on any atom is -0.456 e. The Bertz CT molecular complexity index is 1270. The van der Waals surface area contributed by atoms with Gasteiger partial charge in [-0.15, -0.1) is 0 Å². The minimum absolute atomic E-state index is 0.0459. The Hall–Kier alpha value is -1.25. The van der Waals surface area contributed by atoms with E-state index in [0.29, 0.717) is 23.9 Å². The van der Waals surface area contributed by atoms with Crippen LogP contribution in [0.15, 0.2) is 12.2 Å². The van der Waals surface area contributed by atoms with Crippen molar-refractivity contribution in [3.8, 4) is 0 Å². The first-order chi connectivity index (χ1) is 35.9. The number of rotatable bonds is 60. The van der Waals surface area contributed by atoms with E-state index in [0.717, 1.165) is 57.8 Å². The van der Waals surface area contributed by atoms with Crippen LogP contribution >= 0.6 is 7.82 Å².